The maximum atomic E-state index is 13.7. The maximum Gasteiger partial charge on any atom is 0.254 e. The molecule has 2 fully saturated rings. The Morgan fingerprint density at radius 2 is 2.11 bits per heavy atom. The van der Waals surface area contributed by atoms with Crippen LogP contribution in [-0.2, 0) is 11.3 Å². The molecule has 2 aliphatic heterocycles. The first-order chi connectivity index (χ1) is 18.6. The van der Waals surface area contributed by atoms with E-state index in [0.717, 1.165) is 36.4 Å². The number of carbonyl (C=O) groups is 1. The van der Waals surface area contributed by atoms with Crippen molar-refractivity contribution in [1.82, 2.24) is 25.0 Å². The molecule has 1 amide bonds. The Hall–Kier alpha value is -4.02. The summed E-state index contributed by atoms with van der Waals surface area (Å²) in [5.41, 5.74) is 5.23. The summed E-state index contributed by atoms with van der Waals surface area (Å²) in [4.78, 5) is 24.3. The molecule has 3 aromatic heterocycles. The molecule has 3 N–H and O–H groups in total. The van der Waals surface area contributed by atoms with Crippen LogP contribution in [0.25, 0.3) is 16.9 Å². The molecule has 0 bridgehead atoms. The summed E-state index contributed by atoms with van der Waals surface area (Å²) >= 11 is 0. The number of halogens is 1. The number of imidazole rings is 1. The first-order valence-electron chi connectivity index (χ1n) is 13.0. The van der Waals surface area contributed by atoms with Gasteiger partial charge in [0.15, 0.2) is 0 Å². The van der Waals surface area contributed by atoms with Crippen molar-refractivity contribution in [2.24, 2.45) is 0 Å². The molecule has 0 spiro atoms. The van der Waals surface area contributed by atoms with E-state index in [1.165, 1.54) is 25.0 Å². The van der Waals surface area contributed by atoms with Crippen LogP contribution in [0.5, 0.6) is 0 Å². The molecule has 10 heteroatoms. The largest absolute Gasteiger partial charge is 0.373 e. The van der Waals surface area contributed by atoms with Crippen molar-refractivity contribution in [3.05, 3.63) is 71.9 Å². The first kappa shape index (κ1) is 23.1. The monoisotopic (exact) mass is 513 g/mol. The van der Waals surface area contributed by atoms with Crippen LogP contribution in [-0.4, -0.2) is 58.7 Å². The fourth-order valence-corrected chi connectivity index (χ4v) is 5.23. The second-order valence-corrected chi connectivity index (χ2v) is 10.1. The predicted octanol–water partition coefficient (Wildman–Crippen LogP) is 3.48. The highest BCUT2D eigenvalue weighted by atomic mass is 19.1. The number of morpholine rings is 1. The van der Waals surface area contributed by atoms with Gasteiger partial charge in [-0.3, -0.25) is 4.79 Å². The van der Waals surface area contributed by atoms with Crippen LogP contribution >= 0.6 is 0 Å². The van der Waals surface area contributed by atoms with Gasteiger partial charge in [0.2, 0.25) is 0 Å². The Labute approximate surface area is 219 Å². The van der Waals surface area contributed by atoms with Gasteiger partial charge in [0.1, 0.15) is 17.3 Å². The van der Waals surface area contributed by atoms with E-state index in [1.54, 1.807) is 10.6 Å². The van der Waals surface area contributed by atoms with Crippen LogP contribution in [0.4, 0.5) is 21.6 Å². The smallest absolute Gasteiger partial charge is 0.254 e. The van der Waals surface area contributed by atoms with Crippen LogP contribution in [0.15, 0.2) is 55.0 Å². The van der Waals surface area contributed by atoms with Crippen LogP contribution < -0.4 is 20.9 Å². The standard InChI is InChI=1S/C28H28FN7O2/c29-17-7-8-36-16-24(34-26(36)11-17)21-4-5-23(27-22(21)14-32-28(27)37)33-25-6-3-19(12-31-25)35-9-10-38-20(15-35)13-30-18-1-2-18/h3-8,11-12,16,18,20,30H,1-2,9-10,13-15H2,(H,31,33)(H,32,37)/t20-/m0/s1. The quantitative estimate of drug-likeness (QED) is 0.348. The number of amides is 1. The number of ether oxygens (including phenoxy) is 1. The molecule has 4 aromatic rings. The number of hydrogen-bond donors (Lipinski definition) is 3. The third kappa shape index (κ3) is 4.46. The summed E-state index contributed by atoms with van der Waals surface area (Å²) < 4.78 is 21.4. The highest BCUT2D eigenvalue weighted by molar-refractivity contribution is 6.06. The van der Waals surface area contributed by atoms with Gasteiger partial charge in [0.25, 0.3) is 5.91 Å². The van der Waals surface area contributed by atoms with E-state index in [0.29, 0.717) is 47.6 Å². The number of pyridine rings is 2. The molecule has 0 unspecified atom stereocenters. The molecule has 1 saturated heterocycles. The number of rotatable bonds is 7. The molecule has 5 heterocycles. The summed E-state index contributed by atoms with van der Waals surface area (Å²) in [6.07, 6.45) is 8.06. The van der Waals surface area contributed by atoms with Gasteiger partial charge in [0.05, 0.1) is 41.5 Å². The van der Waals surface area contributed by atoms with Crippen LogP contribution in [0.3, 0.4) is 0 Å². The second kappa shape index (κ2) is 9.38. The van der Waals surface area contributed by atoms with Gasteiger partial charge >= 0.3 is 0 Å². The predicted molar refractivity (Wildman–Crippen MR) is 142 cm³/mol. The van der Waals surface area contributed by atoms with Gasteiger partial charge in [-0.25, -0.2) is 14.4 Å². The Morgan fingerprint density at radius 1 is 1.18 bits per heavy atom. The molecule has 1 atom stereocenters. The summed E-state index contributed by atoms with van der Waals surface area (Å²) in [5.74, 6) is 0.176. The van der Waals surface area contributed by atoms with Crippen molar-refractivity contribution in [3.8, 4) is 11.3 Å². The highest BCUT2D eigenvalue weighted by Gasteiger charge is 2.28. The van der Waals surface area contributed by atoms with E-state index in [1.807, 2.05) is 30.6 Å². The normalized spacial score (nSPS) is 19.0. The van der Waals surface area contributed by atoms with Crippen molar-refractivity contribution >= 4 is 28.7 Å². The minimum absolute atomic E-state index is 0.144. The average molecular weight is 514 g/mol. The molecule has 1 saturated carbocycles. The third-order valence-corrected chi connectivity index (χ3v) is 7.39. The number of nitrogens with zero attached hydrogens (tertiary/aromatic N) is 4. The zero-order valence-corrected chi connectivity index (χ0v) is 20.8. The summed E-state index contributed by atoms with van der Waals surface area (Å²) in [6.45, 7) is 3.65. The summed E-state index contributed by atoms with van der Waals surface area (Å²) in [5, 5.41) is 9.80. The molecule has 0 radical (unpaired) electrons. The number of aromatic nitrogens is 3. The molecular weight excluding hydrogens is 485 g/mol. The molecule has 38 heavy (non-hydrogen) atoms. The number of nitrogens with one attached hydrogen (secondary N) is 3. The molecule has 9 nitrogen and oxygen atoms in total. The Bertz CT molecular complexity index is 1520. The number of benzene rings is 1. The Morgan fingerprint density at radius 3 is 2.95 bits per heavy atom. The lowest BCUT2D eigenvalue weighted by Crippen LogP contribution is -2.47. The zero-order chi connectivity index (χ0) is 25.6. The van der Waals surface area contributed by atoms with E-state index < -0.39 is 0 Å². The van der Waals surface area contributed by atoms with Crippen LogP contribution in [0, 0.1) is 5.82 Å². The molecule has 194 valence electrons. The molecule has 7 rings (SSSR count). The lowest BCUT2D eigenvalue weighted by Gasteiger charge is -2.34. The second-order valence-electron chi connectivity index (χ2n) is 10.1. The van der Waals surface area contributed by atoms with Gasteiger partial charge < -0.3 is 30.0 Å². The average Bonchev–Trinajstić information content (AvgIpc) is 3.55. The number of fused-ring (bicyclic) bond motifs is 2. The van der Waals surface area contributed by atoms with Gasteiger partial charge in [-0.2, -0.15) is 0 Å². The fraction of sp³-hybridized carbons (Fsp3) is 0.321. The molecule has 3 aliphatic rings. The van der Waals surface area contributed by atoms with Crippen molar-refractivity contribution < 1.29 is 13.9 Å². The summed E-state index contributed by atoms with van der Waals surface area (Å²) in [6, 6.07) is 11.3. The topological polar surface area (TPSA) is 95.8 Å². The lowest BCUT2D eigenvalue weighted by atomic mass is 9.99. The van der Waals surface area contributed by atoms with Crippen LogP contribution in [0.2, 0.25) is 0 Å². The SMILES string of the molecule is O=C1NCc2c(-c3cn4ccc(F)cc4n3)ccc(Nc3ccc(N4CCO[C@@H](CNC5CC5)C4)cn3)c21. The van der Waals surface area contributed by atoms with E-state index in [4.69, 9.17) is 4.74 Å². The summed E-state index contributed by atoms with van der Waals surface area (Å²) in [7, 11) is 0. The van der Waals surface area contributed by atoms with E-state index >= 15 is 0 Å². The third-order valence-electron chi connectivity index (χ3n) is 7.39. The van der Waals surface area contributed by atoms with Crippen molar-refractivity contribution in [3.63, 3.8) is 0 Å². The molecule has 1 aromatic carbocycles. The molecular formula is C28H28FN7O2. The zero-order valence-electron chi connectivity index (χ0n) is 20.8. The minimum atomic E-state index is -0.339. The van der Waals surface area contributed by atoms with E-state index in [9.17, 15) is 9.18 Å². The highest BCUT2D eigenvalue weighted by Crippen LogP contribution is 2.35. The first-order valence-corrected chi connectivity index (χ1v) is 13.0. The Kier molecular flexibility index (Phi) is 5.70. The van der Waals surface area contributed by atoms with Crippen molar-refractivity contribution in [1.29, 1.82) is 0 Å². The fourth-order valence-electron chi connectivity index (χ4n) is 5.23. The van der Waals surface area contributed by atoms with E-state index in [-0.39, 0.29) is 17.8 Å². The maximum absolute atomic E-state index is 13.7. The van der Waals surface area contributed by atoms with Gasteiger partial charge in [0, 0.05) is 56.2 Å². The molecule has 1 aliphatic carbocycles. The van der Waals surface area contributed by atoms with Gasteiger partial charge in [-0.1, -0.05) is 6.07 Å². The minimum Gasteiger partial charge on any atom is -0.373 e. The van der Waals surface area contributed by atoms with E-state index in [2.05, 4.69) is 36.9 Å². The lowest BCUT2D eigenvalue weighted by molar-refractivity contribution is 0.0407. The Balaban J connectivity index is 1.10. The number of hydrogen-bond acceptors (Lipinski definition) is 7. The van der Waals surface area contributed by atoms with Gasteiger partial charge in [-0.15, -0.1) is 0 Å². The van der Waals surface area contributed by atoms with Crippen LogP contribution in [0.1, 0.15) is 28.8 Å². The number of anilines is 3. The number of carbonyl (C=O) groups excluding carboxylic acids is 1. The van der Waals surface area contributed by atoms with Gasteiger partial charge in [-0.05, 0) is 42.7 Å². The van der Waals surface area contributed by atoms with Crippen molar-refractivity contribution in [2.45, 2.75) is 31.5 Å². The van der Waals surface area contributed by atoms with Crippen molar-refractivity contribution in [2.75, 3.05) is 36.5 Å².